The first-order valence-corrected chi connectivity index (χ1v) is 14.5. The Bertz CT molecular complexity index is 894. The molecule has 0 unspecified atom stereocenters. The van der Waals surface area contributed by atoms with Gasteiger partial charge >= 0.3 is 0 Å². The van der Waals surface area contributed by atoms with Gasteiger partial charge < -0.3 is 56.8 Å². The number of aliphatic hydroxyl groups is 3. The molecule has 19 heteroatoms. The third-order valence-corrected chi connectivity index (χ3v) is 7.00. The molecule has 1 saturated heterocycles. The molecule has 5 amide bonds. The molecule has 18 nitrogen and oxygen atoms in total. The predicted molar refractivity (Wildman–Crippen MR) is 150 cm³/mol. The zero-order valence-corrected chi connectivity index (χ0v) is 24.8. The zero-order valence-electron chi connectivity index (χ0n) is 24.0. The number of nitrogens with two attached hydrogens (primary N) is 3. The van der Waals surface area contributed by atoms with E-state index in [1.165, 1.54) is 6.92 Å². The standard InChI is InChI=1S/C24H44N6O12S/c1-14(32)28-20-22(38)21(37)15(10-31)42-23(20)43-9-5-19(36)30-29-18(35)4-8-41-13-24(27,11-39-6-2-16(25)33)12-40-7-3-17(26)34/h15,20-23,31,37-38H,2-13,27H2,1H3,(H2,25,33)(H2,26,34)(H,28,32)(H,29,35)(H,30,36)/t15-,20-,21+,22-,23+/m1/s1. The van der Waals surface area contributed by atoms with Crippen LogP contribution in [-0.4, -0.2) is 132 Å². The Morgan fingerprint density at radius 1 is 0.837 bits per heavy atom. The molecule has 1 fully saturated rings. The Balaban J connectivity index is 2.40. The van der Waals surface area contributed by atoms with Gasteiger partial charge in [-0.05, 0) is 0 Å². The highest BCUT2D eigenvalue weighted by atomic mass is 32.2. The third-order valence-electron chi connectivity index (χ3n) is 5.83. The normalized spacial score (nSPS) is 22.0. The number of aliphatic hydroxyl groups excluding tert-OH is 3. The van der Waals surface area contributed by atoms with Gasteiger partial charge in [-0.2, -0.15) is 0 Å². The maximum absolute atomic E-state index is 12.2. The van der Waals surface area contributed by atoms with Crippen LogP contribution < -0.4 is 33.4 Å². The van der Waals surface area contributed by atoms with Gasteiger partial charge in [0.15, 0.2) is 0 Å². The molecule has 0 aromatic carbocycles. The summed E-state index contributed by atoms with van der Waals surface area (Å²) in [5, 5.41) is 32.3. The Morgan fingerprint density at radius 3 is 1.79 bits per heavy atom. The summed E-state index contributed by atoms with van der Waals surface area (Å²) in [5.41, 5.74) is 18.9. The van der Waals surface area contributed by atoms with Gasteiger partial charge in [0.1, 0.15) is 23.7 Å². The van der Waals surface area contributed by atoms with Crippen molar-refractivity contribution >= 4 is 41.3 Å². The predicted octanol–water partition coefficient (Wildman–Crippen LogP) is -4.91. The fraction of sp³-hybridized carbons (Fsp3) is 0.792. The fourth-order valence-corrected chi connectivity index (χ4v) is 4.80. The van der Waals surface area contributed by atoms with E-state index < -0.39 is 71.5 Å². The molecule has 0 bridgehead atoms. The molecule has 248 valence electrons. The number of ether oxygens (including phenoxy) is 4. The van der Waals surface area contributed by atoms with E-state index in [9.17, 15) is 39.3 Å². The number of thioether (sulfide) groups is 1. The Morgan fingerprint density at radius 2 is 1.33 bits per heavy atom. The SMILES string of the molecule is CC(=O)N[C@@H]1[C@@H](O)[C@@H](O)[C@@H](CO)O[C@H]1SCCC(=O)NNC(=O)CCOCC(N)(COCCC(N)=O)COCCC(N)=O. The second-order valence-electron chi connectivity index (χ2n) is 9.85. The Labute approximate surface area is 253 Å². The quantitative estimate of drug-likeness (QED) is 0.0420. The molecule has 5 atom stereocenters. The first-order valence-electron chi connectivity index (χ1n) is 13.5. The molecular formula is C24H44N6O12S. The van der Waals surface area contributed by atoms with Crippen molar-refractivity contribution in [3.8, 4) is 0 Å². The van der Waals surface area contributed by atoms with E-state index in [-0.39, 0.29) is 71.1 Å². The van der Waals surface area contributed by atoms with E-state index in [2.05, 4.69) is 16.2 Å². The minimum absolute atomic E-state index is 0.00651. The van der Waals surface area contributed by atoms with E-state index in [0.29, 0.717) is 0 Å². The number of carbonyl (C=O) groups is 5. The van der Waals surface area contributed by atoms with E-state index in [1.807, 2.05) is 0 Å². The van der Waals surface area contributed by atoms with Crippen LogP contribution in [0.4, 0.5) is 0 Å². The number of rotatable bonds is 21. The van der Waals surface area contributed by atoms with Crippen LogP contribution in [0.15, 0.2) is 0 Å². The monoisotopic (exact) mass is 640 g/mol. The number of hydrogen-bond acceptors (Lipinski definition) is 14. The van der Waals surface area contributed by atoms with Gasteiger partial charge in [-0.25, -0.2) is 0 Å². The van der Waals surface area contributed by atoms with Crippen molar-refractivity contribution in [2.24, 2.45) is 17.2 Å². The zero-order chi connectivity index (χ0) is 32.4. The Kier molecular flexibility index (Phi) is 18.2. The van der Waals surface area contributed by atoms with Crippen molar-refractivity contribution in [2.45, 2.75) is 67.9 Å². The average molecular weight is 641 g/mol. The lowest BCUT2D eigenvalue weighted by molar-refractivity contribution is -0.173. The fourth-order valence-electron chi connectivity index (χ4n) is 3.61. The van der Waals surface area contributed by atoms with Gasteiger partial charge in [-0.3, -0.25) is 34.8 Å². The molecule has 1 rings (SSSR count). The Hall–Kier alpha value is -2.62. The van der Waals surface area contributed by atoms with Gasteiger partial charge in [0, 0.05) is 31.9 Å². The van der Waals surface area contributed by atoms with Crippen LogP contribution in [0, 0.1) is 0 Å². The second-order valence-corrected chi connectivity index (χ2v) is 11.1. The lowest BCUT2D eigenvalue weighted by atomic mass is 9.98. The molecule has 1 aliphatic rings. The number of hydrogen-bond donors (Lipinski definition) is 9. The molecule has 0 saturated carbocycles. The maximum Gasteiger partial charge on any atom is 0.240 e. The van der Waals surface area contributed by atoms with E-state index in [0.717, 1.165) is 11.8 Å². The van der Waals surface area contributed by atoms with Crippen LogP contribution in [0.1, 0.15) is 32.6 Å². The molecule has 1 aliphatic heterocycles. The van der Waals surface area contributed by atoms with E-state index >= 15 is 0 Å². The van der Waals surface area contributed by atoms with E-state index in [1.54, 1.807) is 0 Å². The highest BCUT2D eigenvalue weighted by Crippen LogP contribution is 2.29. The lowest BCUT2D eigenvalue weighted by Gasteiger charge is -2.42. The van der Waals surface area contributed by atoms with Crippen LogP contribution in [-0.2, 0) is 42.9 Å². The largest absolute Gasteiger partial charge is 0.394 e. The highest BCUT2D eigenvalue weighted by Gasteiger charge is 2.44. The number of primary amides is 2. The van der Waals surface area contributed by atoms with Crippen LogP contribution in [0.25, 0.3) is 0 Å². The number of hydrazine groups is 1. The molecular weight excluding hydrogens is 596 g/mol. The molecule has 1 heterocycles. The highest BCUT2D eigenvalue weighted by molar-refractivity contribution is 7.99. The van der Waals surface area contributed by atoms with Crippen LogP contribution in [0.2, 0.25) is 0 Å². The summed E-state index contributed by atoms with van der Waals surface area (Å²) in [5.74, 6) is -2.47. The molecule has 0 aromatic heterocycles. The minimum Gasteiger partial charge on any atom is -0.394 e. The van der Waals surface area contributed by atoms with Crippen LogP contribution in [0.3, 0.4) is 0 Å². The summed E-state index contributed by atoms with van der Waals surface area (Å²) in [7, 11) is 0. The van der Waals surface area contributed by atoms with Gasteiger partial charge in [0.25, 0.3) is 0 Å². The van der Waals surface area contributed by atoms with Gasteiger partial charge in [0.05, 0.1) is 64.2 Å². The molecule has 43 heavy (non-hydrogen) atoms. The number of amides is 5. The first-order chi connectivity index (χ1) is 20.3. The van der Waals surface area contributed by atoms with Crippen LogP contribution >= 0.6 is 11.8 Å². The summed E-state index contributed by atoms with van der Waals surface area (Å²) < 4.78 is 21.8. The average Bonchev–Trinajstić information content (AvgIpc) is 2.94. The summed E-state index contributed by atoms with van der Waals surface area (Å²) in [6, 6.07) is -0.973. The van der Waals surface area contributed by atoms with Crippen molar-refractivity contribution in [2.75, 3.05) is 52.0 Å². The number of nitrogens with one attached hydrogen (secondary N) is 3. The third kappa shape index (κ3) is 16.1. The maximum atomic E-state index is 12.2. The summed E-state index contributed by atoms with van der Waals surface area (Å²) in [6.07, 6.45) is -4.09. The van der Waals surface area contributed by atoms with Gasteiger partial charge in [0.2, 0.25) is 29.5 Å². The van der Waals surface area contributed by atoms with Crippen molar-refractivity contribution in [1.82, 2.24) is 16.2 Å². The van der Waals surface area contributed by atoms with Crippen molar-refractivity contribution in [1.29, 1.82) is 0 Å². The molecule has 0 aliphatic carbocycles. The molecule has 0 radical (unpaired) electrons. The molecule has 0 spiro atoms. The van der Waals surface area contributed by atoms with Crippen molar-refractivity contribution < 1.29 is 58.2 Å². The summed E-state index contributed by atoms with van der Waals surface area (Å²) in [6.45, 7) is 0.469. The van der Waals surface area contributed by atoms with Gasteiger partial charge in [-0.15, -0.1) is 11.8 Å². The lowest BCUT2D eigenvalue weighted by Crippen LogP contribution is -2.63. The van der Waals surface area contributed by atoms with Crippen molar-refractivity contribution in [3.63, 3.8) is 0 Å². The van der Waals surface area contributed by atoms with E-state index in [4.69, 9.17) is 36.1 Å². The molecule has 12 N–H and O–H groups in total. The summed E-state index contributed by atoms with van der Waals surface area (Å²) >= 11 is 1.08. The van der Waals surface area contributed by atoms with Crippen LogP contribution in [0.5, 0.6) is 0 Å². The molecule has 0 aromatic rings. The number of carbonyl (C=O) groups excluding carboxylic acids is 5. The minimum atomic E-state index is -1.41. The first kappa shape index (κ1) is 38.4. The smallest absolute Gasteiger partial charge is 0.240 e. The summed E-state index contributed by atoms with van der Waals surface area (Å²) in [4.78, 5) is 57.6. The topological polar surface area (TPSA) is 297 Å². The van der Waals surface area contributed by atoms with Crippen molar-refractivity contribution in [3.05, 3.63) is 0 Å². The van der Waals surface area contributed by atoms with Gasteiger partial charge in [-0.1, -0.05) is 0 Å². The second kappa shape index (κ2) is 20.4.